The SMILES string of the molecule is CC.O=c1cc(OCc2ccccc2)ccn1-c1ccc(F)cc1. The van der Waals surface area contributed by atoms with E-state index < -0.39 is 0 Å². The molecule has 0 fully saturated rings. The van der Waals surface area contributed by atoms with Crippen molar-refractivity contribution < 1.29 is 9.13 Å². The Morgan fingerprint density at radius 2 is 1.62 bits per heavy atom. The summed E-state index contributed by atoms with van der Waals surface area (Å²) in [6.07, 6.45) is 1.62. The molecule has 3 rings (SSSR count). The molecule has 0 unspecified atom stereocenters. The summed E-state index contributed by atoms with van der Waals surface area (Å²) in [6, 6.07) is 18.6. The lowest BCUT2D eigenvalue weighted by molar-refractivity contribution is 0.305. The quantitative estimate of drug-likeness (QED) is 0.703. The van der Waals surface area contributed by atoms with Crippen LogP contribution in [0.1, 0.15) is 19.4 Å². The number of ether oxygens (including phenoxy) is 1. The number of aromatic nitrogens is 1. The lowest BCUT2D eigenvalue weighted by atomic mass is 10.2. The molecule has 0 amide bonds. The number of benzene rings is 2. The van der Waals surface area contributed by atoms with Crippen LogP contribution in [0.4, 0.5) is 4.39 Å². The highest BCUT2D eigenvalue weighted by Gasteiger charge is 2.03. The highest BCUT2D eigenvalue weighted by atomic mass is 19.1. The third-order valence-electron chi connectivity index (χ3n) is 3.24. The van der Waals surface area contributed by atoms with Crippen molar-refractivity contribution in [3.63, 3.8) is 0 Å². The summed E-state index contributed by atoms with van der Waals surface area (Å²) in [7, 11) is 0. The topological polar surface area (TPSA) is 31.2 Å². The molecule has 0 aliphatic rings. The first kappa shape index (κ1) is 17.5. The molecule has 0 bridgehead atoms. The Balaban J connectivity index is 0.00000100. The Hall–Kier alpha value is -2.88. The van der Waals surface area contributed by atoms with Crippen molar-refractivity contribution in [2.24, 2.45) is 0 Å². The molecule has 0 radical (unpaired) electrons. The molecule has 0 spiro atoms. The predicted molar refractivity (Wildman–Crippen MR) is 94.1 cm³/mol. The van der Waals surface area contributed by atoms with Gasteiger partial charge in [-0.15, -0.1) is 0 Å². The van der Waals surface area contributed by atoms with Gasteiger partial charge in [-0.05, 0) is 35.9 Å². The van der Waals surface area contributed by atoms with Gasteiger partial charge in [0.2, 0.25) is 0 Å². The van der Waals surface area contributed by atoms with Crippen molar-refractivity contribution in [3.05, 3.63) is 94.7 Å². The van der Waals surface area contributed by atoms with E-state index in [4.69, 9.17) is 4.74 Å². The number of nitrogens with zero attached hydrogens (tertiary/aromatic N) is 1. The second-order valence-corrected chi connectivity index (χ2v) is 4.82. The minimum Gasteiger partial charge on any atom is -0.489 e. The van der Waals surface area contributed by atoms with E-state index >= 15 is 0 Å². The zero-order valence-electron chi connectivity index (χ0n) is 13.8. The maximum atomic E-state index is 12.9. The molecule has 1 aromatic heterocycles. The van der Waals surface area contributed by atoms with E-state index in [0.29, 0.717) is 18.0 Å². The van der Waals surface area contributed by atoms with Crippen LogP contribution in [0.25, 0.3) is 5.69 Å². The van der Waals surface area contributed by atoms with Gasteiger partial charge in [0.05, 0.1) is 0 Å². The zero-order chi connectivity index (χ0) is 17.4. The Morgan fingerprint density at radius 3 is 2.25 bits per heavy atom. The lowest BCUT2D eigenvalue weighted by Gasteiger charge is -2.09. The summed E-state index contributed by atoms with van der Waals surface area (Å²) >= 11 is 0. The number of rotatable bonds is 4. The molecular formula is C20H20FNO2. The van der Waals surface area contributed by atoms with Gasteiger partial charge in [0.25, 0.3) is 5.56 Å². The average molecular weight is 325 g/mol. The summed E-state index contributed by atoms with van der Waals surface area (Å²) in [5.41, 5.74) is 1.42. The van der Waals surface area contributed by atoms with Crippen molar-refractivity contribution in [2.45, 2.75) is 20.5 Å². The molecule has 0 saturated carbocycles. The van der Waals surface area contributed by atoms with Crippen LogP contribution in [-0.4, -0.2) is 4.57 Å². The molecule has 0 N–H and O–H groups in total. The largest absolute Gasteiger partial charge is 0.489 e. The summed E-state index contributed by atoms with van der Waals surface area (Å²) in [6.45, 7) is 4.40. The lowest BCUT2D eigenvalue weighted by Crippen LogP contribution is -2.16. The molecule has 2 aromatic carbocycles. The number of hydrogen-bond acceptors (Lipinski definition) is 2. The van der Waals surface area contributed by atoms with Crippen LogP contribution in [0.2, 0.25) is 0 Å². The monoisotopic (exact) mass is 325 g/mol. The van der Waals surface area contributed by atoms with E-state index in [2.05, 4.69) is 0 Å². The maximum Gasteiger partial charge on any atom is 0.258 e. The van der Waals surface area contributed by atoms with E-state index in [1.165, 1.54) is 22.8 Å². The normalized spacial score (nSPS) is 9.79. The smallest absolute Gasteiger partial charge is 0.258 e. The van der Waals surface area contributed by atoms with E-state index in [1.54, 1.807) is 24.4 Å². The standard InChI is InChI=1S/C18H14FNO2.C2H6/c19-15-6-8-16(9-7-15)20-11-10-17(12-18(20)21)22-13-14-4-2-1-3-5-14;1-2/h1-12H,13H2;1-2H3. The van der Waals surface area contributed by atoms with Crippen molar-refractivity contribution >= 4 is 0 Å². The van der Waals surface area contributed by atoms with Crippen molar-refractivity contribution in [3.8, 4) is 11.4 Å². The molecular weight excluding hydrogens is 305 g/mol. The molecule has 24 heavy (non-hydrogen) atoms. The molecule has 124 valence electrons. The predicted octanol–water partition coefficient (Wildman–Crippen LogP) is 4.58. The molecule has 1 heterocycles. The summed E-state index contributed by atoms with van der Waals surface area (Å²) in [4.78, 5) is 12.1. The van der Waals surface area contributed by atoms with Crippen molar-refractivity contribution in [1.29, 1.82) is 0 Å². The first-order chi connectivity index (χ1) is 11.7. The number of pyridine rings is 1. The minimum absolute atomic E-state index is 0.225. The van der Waals surface area contributed by atoms with E-state index in [1.807, 2.05) is 44.2 Å². The van der Waals surface area contributed by atoms with Crippen molar-refractivity contribution in [2.75, 3.05) is 0 Å². The van der Waals surface area contributed by atoms with Gasteiger partial charge in [-0.2, -0.15) is 0 Å². The molecule has 3 aromatic rings. The van der Waals surface area contributed by atoms with E-state index in [9.17, 15) is 9.18 Å². The van der Waals surface area contributed by atoms with Crippen LogP contribution in [-0.2, 0) is 6.61 Å². The van der Waals surface area contributed by atoms with Crippen LogP contribution in [0.15, 0.2) is 77.7 Å². The van der Waals surface area contributed by atoms with Crippen LogP contribution >= 0.6 is 0 Å². The molecule has 0 aliphatic heterocycles. The van der Waals surface area contributed by atoms with Gasteiger partial charge in [0.15, 0.2) is 0 Å². The first-order valence-electron chi connectivity index (χ1n) is 7.88. The Bertz CT molecular complexity index is 811. The van der Waals surface area contributed by atoms with Crippen LogP contribution in [0.5, 0.6) is 5.75 Å². The fourth-order valence-electron chi connectivity index (χ4n) is 2.11. The van der Waals surface area contributed by atoms with Gasteiger partial charge < -0.3 is 4.74 Å². The van der Waals surface area contributed by atoms with Gasteiger partial charge in [-0.3, -0.25) is 9.36 Å². The van der Waals surface area contributed by atoms with Gasteiger partial charge in [0, 0.05) is 18.0 Å². The average Bonchev–Trinajstić information content (AvgIpc) is 2.64. The minimum atomic E-state index is -0.334. The highest BCUT2D eigenvalue weighted by Crippen LogP contribution is 2.12. The molecule has 3 nitrogen and oxygen atoms in total. The molecule has 0 aliphatic carbocycles. The number of hydrogen-bond donors (Lipinski definition) is 0. The maximum absolute atomic E-state index is 12.9. The van der Waals surface area contributed by atoms with Crippen LogP contribution in [0, 0.1) is 5.82 Å². The zero-order valence-corrected chi connectivity index (χ0v) is 13.8. The second kappa shape index (κ2) is 8.67. The van der Waals surface area contributed by atoms with Crippen LogP contribution < -0.4 is 10.3 Å². The van der Waals surface area contributed by atoms with E-state index in [-0.39, 0.29) is 11.4 Å². The Kier molecular flexibility index (Phi) is 6.32. The van der Waals surface area contributed by atoms with Crippen molar-refractivity contribution in [1.82, 2.24) is 4.57 Å². The molecule has 4 heteroatoms. The Labute approximate surface area is 141 Å². The number of halogens is 1. The second-order valence-electron chi connectivity index (χ2n) is 4.82. The fraction of sp³-hybridized carbons (Fsp3) is 0.150. The summed E-state index contributed by atoms with van der Waals surface area (Å²) in [5.74, 6) is 0.173. The van der Waals surface area contributed by atoms with Gasteiger partial charge in [0.1, 0.15) is 18.2 Å². The van der Waals surface area contributed by atoms with Gasteiger partial charge in [-0.1, -0.05) is 44.2 Å². The third-order valence-corrected chi connectivity index (χ3v) is 3.24. The first-order valence-corrected chi connectivity index (χ1v) is 7.88. The van der Waals surface area contributed by atoms with E-state index in [0.717, 1.165) is 5.56 Å². The summed E-state index contributed by atoms with van der Waals surface area (Å²) in [5, 5.41) is 0. The third kappa shape index (κ3) is 4.56. The fourth-order valence-corrected chi connectivity index (χ4v) is 2.11. The Morgan fingerprint density at radius 1 is 0.958 bits per heavy atom. The van der Waals surface area contributed by atoms with Gasteiger partial charge >= 0.3 is 0 Å². The molecule has 0 atom stereocenters. The summed E-state index contributed by atoms with van der Waals surface area (Å²) < 4.78 is 20.0. The highest BCUT2D eigenvalue weighted by molar-refractivity contribution is 5.34. The molecule has 0 saturated heterocycles. The van der Waals surface area contributed by atoms with Crippen LogP contribution in [0.3, 0.4) is 0 Å². The van der Waals surface area contributed by atoms with Gasteiger partial charge in [-0.25, -0.2) is 4.39 Å².